The summed E-state index contributed by atoms with van der Waals surface area (Å²) in [6, 6.07) is 10.1. The van der Waals surface area contributed by atoms with Gasteiger partial charge in [-0.05, 0) is 11.6 Å². The van der Waals surface area contributed by atoms with E-state index < -0.39 is 10.2 Å². The maximum atomic E-state index is 11.0. The summed E-state index contributed by atoms with van der Waals surface area (Å²) in [4.78, 5) is 0. The van der Waals surface area contributed by atoms with Crippen molar-refractivity contribution in [1.29, 1.82) is 0 Å². The Bertz CT molecular complexity index is 284. The third kappa shape index (κ3) is 1.68. The van der Waals surface area contributed by atoms with Crippen molar-refractivity contribution >= 4 is 21.0 Å². The summed E-state index contributed by atoms with van der Waals surface area (Å²) in [7, 11) is 0.662. The highest BCUT2D eigenvalue weighted by molar-refractivity contribution is 8.73. The van der Waals surface area contributed by atoms with E-state index in [0.717, 1.165) is 0 Å². The van der Waals surface area contributed by atoms with E-state index in [1.54, 1.807) is 5.41 Å². The summed E-state index contributed by atoms with van der Waals surface area (Å²) in [6.07, 6.45) is 2.00. The summed E-state index contributed by atoms with van der Waals surface area (Å²) < 4.78 is 11.0. The summed E-state index contributed by atoms with van der Waals surface area (Å²) in [5, 5.41) is 2.04. The molecule has 0 fully saturated rings. The van der Waals surface area contributed by atoms with Gasteiger partial charge in [0.25, 0.3) is 0 Å². The van der Waals surface area contributed by atoms with E-state index in [1.807, 2.05) is 24.3 Å². The van der Waals surface area contributed by atoms with Crippen molar-refractivity contribution in [1.82, 2.24) is 0 Å². The fraction of sp³-hybridized carbons (Fsp3) is 0.111. The zero-order valence-electron chi connectivity index (χ0n) is 6.34. The molecule has 0 amide bonds. The lowest BCUT2D eigenvalue weighted by molar-refractivity contribution is 0.617. The minimum absolute atomic E-state index is 0.284. The molecule has 0 N–H and O–H groups in total. The zero-order valence-corrected chi connectivity index (χ0v) is 7.98. The lowest BCUT2D eigenvalue weighted by Crippen LogP contribution is -1.87. The standard InChI is InChI=1S/C9H8OS2/c10-12-7-6-9(11-12)8-4-2-1-3-5-8/h1-7,9H. The number of hydrogen-bond acceptors (Lipinski definition) is 2. The van der Waals surface area contributed by atoms with Gasteiger partial charge >= 0.3 is 0 Å². The minimum atomic E-state index is -0.817. The normalized spacial score (nSPS) is 27.8. The molecular formula is C9H8OS2. The molecule has 1 aromatic rings. The molecule has 0 aromatic heterocycles. The molecule has 3 heteroatoms. The van der Waals surface area contributed by atoms with E-state index in [1.165, 1.54) is 16.4 Å². The van der Waals surface area contributed by atoms with Crippen LogP contribution < -0.4 is 0 Å². The Morgan fingerprint density at radius 3 is 2.58 bits per heavy atom. The second kappa shape index (κ2) is 3.56. The quantitative estimate of drug-likeness (QED) is 0.509. The van der Waals surface area contributed by atoms with E-state index in [0.29, 0.717) is 0 Å². The van der Waals surface area contributed by atoms with Crippen LogP contribution >= 0.6 is 10.8 Å². The average Bonchev–Trinajstić information content (AvgIpc) is 2.54. The lowest BCUT2D eigenvalue weighted by Gasteiger charge is -2.03. The SMILES string of the molecule is [O-][S+]1C=CC(c2ccccc2)S1. The summed E-state index contributed by atoms with van der Waals surface area (Å²) in [5.41, 5.74) is 1.23. The minimum Gasteiger partial charge on any atom is -0.601 e. The zero-order chi connectivity index (χ0) is 8.39. The maximum absolute atomic E-state index is 11.0. The average molecular weight is 196 g/mol. The van der Waals surface area contributed by atoms with Gasteiger partial charge in [0.1, 0.15) is 21.5 Å². The van der Waals surface area contributed by atoms with E-state index in [9.17, 15) is 4.55 Å². The molecule has 1 aliphatic heterocycles. The topological polar surface area (TPSA) is 23.1 Å². The van der Waals surface area contributed by atoms with Gasteiger partial charge in [0.15, 0.2) is 0 Å². The second-order valence-electron chi connectivity index (χ2n) is 2.52. The molecule has 62 valence electrons. The van der Waals surface area contributed by atoms with Gasteiger partial charge in [-0.25, -0.2) is 0 Å². The Morgan fingerprint density at radius 2 is 2.00 bits per heavy atom. The van der Waals surface area contributed by atoms with E-state index in [2.05, 4.69) is 12.1 Å². The molecule has 12 heavy (non-hydrogen) atoms. The van der Waals surface area contributed by atoms with Crippen molar-refractivity contribution in [2.24, 2.45) is 0 Å². The van der Waals surface area contributed by atoms with Gasteiger partial charge in [-0.15, -0.1) is 0 Å². The van der Waals surface area contributed by atoms with E-state index in [4.69, 9.17) is 0 Å². The number of benzene rings is 1. The first-order valence-corrected chi connectivity index (χ1v) is 6.28. The Hall–Kier alpha value is -0.380. The van der Waals surface area contributed by atoms with Gasteiger partial charge in [0.2, 0.25) is 0 Å². The lowest BCUT2D eigenvalue weighted by atomic mass is 10.1. The third-order valence-electron chi connectivity index (χ3n) is 1.69. The molecule has 0 spiro atoms. The molecule has 2 rings (SSSR count). The Morgan fingerprint density at radius 1 is 1.25 bits per heavy atom. The van der Waals surface area contributed by atoms with Gasteiger partial charge in [-0.3, -0.25) is 0 Å². The van der Waals surface area contributed by atoms with Gasteiger partial charge in [-0.2, -0.15) is 0 Å². The first kappa shape index (κ1) is 8.23. The predicted molar refractivity (Wildman–Crippen MR) is 54.1 cm³/mol. The van der Waals surface area contributed by atoms with Gasteiger partial charge in [0, 0.05) is 0 Å². The van der Waals surface area contributed by atoms with Crippen LogP contribution in [0.3, 0.4) is 0 Å². The molecule has 2 unspecified atom stereocenters. The maximum Gasteiger partial charge on any atom is 0.127 e. The van der Waals surface area contributed by atoms with Crippen molar-refractivity contribution in [3.05, 3.63) is 47.4 Å². The molecule has 0 radical (unpaired) electrons. The number of rotatable bonds is 1. The first-order valence-electron chi connectivity index (χ1n) is 3.67. The van der Waals surface area contributed by atoms with Crippen molar-refractivity contribution in [2.75, 3.05) is 0 Å². The van der Waals surface area contributed by atoms with Crippen LogP contribution in [0, 0.1) is 0 Å². The largest absolute Gasteiger partial charge is 0.601 e. The highest BCUT2D eigenvalue weighted by Crippen LogP contribution is 2.40. The molecule has 2 atom stereocenters. The molecule has 0 aliphatic carbocycles. The molecule has 0 saturated carbocycles. The number of hydrogen-bond donors (Lipinski definition) is 0. The molecule has 1 aromatic carbocycles. The molecule has 0 saturated heterocycles. The van der Waals surface area contributed by atoms with Crippen molar-refractivity contribution in [3.63, 3.8) is 0 Å². The Balaban J connectivity index is 2.18. The van der Waals surface area contributed by atoms with Crippen LogP contribution in [0.15, 0.2) is 41.8 Å². The van der Waals surface area contributed by atoms with Crippen molar-refractivity contribution in [3.8, 4) is 0 Å². The van der Waals surface area contributed by atoms with Crippen LogP contribution in [0.4, 0.5) is 0 Å². The summed E-state index contributed by atoms with van der Waals surface area (Å²) in [5.74, 6) is 0. The smallest absolute Gasteiger partial charge is 0.127 e. The van der Waals surface area contributed by atoms with Gasteiger partial charge in [-0.1, -0.05) is 30.3 Å². The van der Waals surface area contributed by atoms with E-state index in [-0.39, 0.29) is 5.25 Å². The predicted octanol–water partition coefficient (Wildman–Crippen LogP) is 2.65. The van der Waals surface area contributed by atoms with Crippen LogP contribution in [0.25, 0.3) is 0 Å². The van der Waals surface area contributed by atoms with Crippen LogP contribution in [0.2, 0.25) is 0 Å². The molecular weight excluding hydrogens is 188 g/mol. The van der Waals surface area contributed by atoms with Gasteiger partial charge < -0.3 is 4.55 Å². The van der Waals surface area contributed by atoms with Crippen LogP contribution in [0.1, 0.15) is 10.8 Å². The third-order valence-corrected chi connectivity index (χ3v) is 4.42. The highest BCUT2D eigenvalue weighted by atomic mass is 33.1. The molecule has 0 bridgehead atoms. The van der Waals surface area contributed by atoms with Crippen molar-refractivity contribution < 1.29 is 4.55 Å². The fourth-order valence-electron chi connectivity index (χ4n) is 1.11. The summed E-state index contributed by atoms with van der Waals surface area (Å²) in [6.45, 7) is 0. The Kier molecular flexibility index (Phi) is 2.44. The van der Waals surface area contributed by atoms with Gasteiger partial charge in [0.05, 0.1) is 10.2 Å². The first-order chi connectivity index (χ1) is 5.86. The van der Waals surface area contributed by atoms with Crippen molar-refractivity contribution in [2.45, 2.75) is 5.25 Å². The fourth-order valence-corrected chi connectivity index (χ4v) is 3.70. The monoisotopic (exact) mass is 196 g/mol. The molecule has 1 heterocycles. The van der Waals surface area contributed by atoms with Crippen LogP contribution in [-0.4, -0.2) is 4.55 Å². The second-order valence-corrected chi connectivity index (χ2v) is 5.57. The van der Waals surface area contributed by atoms with Crippen LogP contribution in [0.5, 0.6) is 0 Å². The Labute approximate surface area is 78.4 Å². The molecule has 1 nitrogen and oxygen atoms in total. The highest BCUT2D eigenvalue weighted by Gasteiger charge is 2.23. The van der Waals surface area contributed by atoms with Crippen LogP contribution in [-0.2, 0) is 10.2 Å². The summed E-state index contributed by atoms with van der Waals surface area (Å²) >= 11 is 0. The van der Waals surface area contributed by atoms with E-state index >= 15 is 0 Å². The molecule has 1 aliphatic rings.